The number of para-hydroxylation sites is 1. The number of carbonyl (C=O) groups is 2. The van der Waals surface area contributed by atoms with Crippen LogP contribution in [0.1, 0.15) is 41.0 Å². The molecule has 0 spiro atoms. The van der Waals surface area contributed by atoms with E-state index in [2.05, 4.69) is 16.0 Å². The first-order chi connectivity index (χ1) is 13.3. The van der Waals surface area contributed by atoms with Crippen LogP contribution in [0.25, 0.3) is 0 Å². The number of carbonyl (C=O) groups excluding carboxylic acids is 2. The summed E-state index contributed by atoms with van der Waals surface area (Å²) in [6.45, 7) is 3.91. The summed E-state index contributed by atoms with van der Waals surface area (Å²) in [5, 5.41) is 19.1. The number of nitro benzene ring substituents is 1. The van der Waals surface area contributed by atoms with E-state index in [1.54, 1.807) is 24.3 Å². The van der Waals surface area contributed by atoms with Gasteiger partial charge < -0.3 is 10.6 Å². The molecule has 9 heteroatoms. The maximum atomic E-state index is 12.2. The Labute approximate surface area is 167 Å². The van der Waals surface area contributed by atoms with Crippen molar-refractivity contribution < 1.29 is 14.5 Å². The van der Waals surface area contributed by atoms with Crippen molar-refractivity contribution in [2.45, 2.75) is 26.3 Å². The van der Waals surface area contributed by atoms with E-state index in [0.717, 1.165) is 6.42 Å². The van der Waals surface area contributed by atoms with Crippen LogP contribution in [0.3, 0.4) is 0 Å². The summed E-state index contributed by atoms with van der Waals surface area (Å²) in [5.74, 6) is -0.859. The normalized spacial score (nSPS) is 11.2. The van der Waals surface area contributed by atoms with Gasteiger partial charge in [-0.3, -0.25) is 25.0 Å². The van der Waals surface area contributed by atoms with E-state index in [-0.39, 0.29) is 28.3 Å². The molecule has 146 valence electrons. The molecule has 2 rings (SSSR count). The lowest BCUT2D eigenvalue weighted by Gasteiger charge is -2.12. The third-order valence-electron chi connectivity index (χ3n) is 3.97. The van der Waals surface area contributed by atoms with Gasteiger partial charge in [-0.15, -0.1) is 0 Å². The number of amides is 2. The van der Waals surface area contributed by atoms with Gasteiger partial charge in [-0.25, -0.2) is 0 Å². The number of benzene rings is 2. The van der Waals surface area contributed by atoms with E-state index in [9.17, 15) is 19.7 Å². The second-order valence-corrected chi connectivity index (χ2v) is 6.45. The largest absolute Gasteiger partial charge is 0.350 e. The van der Waals surface area contributed by atoms with Crippen LogP contribution < -0.4 is 16.0 Å². The Bertz CT molecular complexity index is 899. The van der Waals surface area contributed by atoms with Crippen LogP contribution in [0.2, 0.25) is 0 Å². The molecule has 2 amide bonds. The number of hydrogen-bond acceptors (Lipinski definition) is 5. The van der Waals surface area contributed by atoms with Gasteiger partial charge in [0.1, 0.15) is 5.56 Å². The van der Waals surface area contributed by atoms with Gasteiger partial charge in [-0.1, -0.05) is 19.1 Å². The number of thiocarbonyl (C=S) groups is 1. The number of nitrogens with zero attached hydrogens (tertiary/aromatic N) is 1. The number of rotatable bonds is 6. The summed E-state index contributed by atoms with van der Waals surface area (Å²) < 4.78 is 0. The molecular formula is C19H20N4O4S. The third kappa shape index (κ3) is 5.58. The van der Waals surface area contributed by atoms with E-state index >= 15 is 0 Å². The van der Waals surface area contributed by atoms with Crippen molar-refractivity contribution in [2.24, 2.45) is 0 Å². The first-order valence-electron chi connectivity index (χ1n) is 8.58. The Morgan fingerprint density at radius 1 is 1.11 bits per heavy atom. The molecule has 0 aliphatic rings. The minimum absolute atomic E-state index is 0.0139. The molecule has 0 radical (unpaired) electrons. The second kappa shape index (κ2) is 9.56. The van der Waals surface area contributed by atoms with Crippen LogP contribution in [0, 0.1) is 10.1 Å². The van der Waals surface area contributed by atoms with Crippen LogP contribution >= 0.6 is 12.2 Å². The Hall–Kier alpha value is -3.33. The summed E-state index contributed by atoms with van der Waals surface area (Å²) in [6, 6.07) is 12.2. The van der Waals surface area contributed by atoms with Crippen molar-refractivity contribution >= 4 is 40.5 Å². The summed E-state index contributed by atoms with van der Waals surface area (Å²) in [6.07, 6.45) is 0.832. The summed E-state index contributed by atoms with van der Waals surface area (Å²) >= 11 is 5.09. The molecule has 0 saturated carbocycles. The molecule has 0 heterocycles. The molecule has 8 nitrogen and oxygen atoms in total. The molecule has 0 bridgehead atoms. The third-order valence-corrected chi connectivity index (χ3v) is 4.17. The molecule has 3 N–H and O–H groups in total. The molecule has 0 fully saturated rings. The second-order valence-electron chi connectivity index (χ2n) is 6.04. The monoisotopic (exact) mass is 400 g/mol. The summed E-state index contributed by atoms with van der Waals surface area (Å²) in [5.41, 5.74) is 0.668. The zero-order chi connectivity index (χ0) is 20.7. The van der Waals surface area contributed by atoms with Crippen LogP contribution in [0.4, 0.5) is 11.4 Å². The average molecular weight is 400 g/mol. The zero-order valence-electron chi connectivity index (χ0n) is 15.4. The summed E-state index contributed by atoms with van der Waals surface area (Å²) in [7, 11) is 0. The molecule has 0 aliphatic carbocycles. The molecule has 1 atom stereocenters. The van der Waals surface area contributed by atoms with Gasteiger partial charge in [-0.05, 0) is 55.9 Å². The molecule has 2 aromatic carbocycles. The first kappa shape index (κ1) is 21.0. The minimum Gasteiger partial charge on any atom is -0.350 e. The topological polar surface area (TPSA) is 113 Å². The van der Waals surface area contributed by atoms with Gasteiger partial charge in [0.05, 0.1) is 4.92 Å². The molecule has 0 saturated heterocycles. The Kier molecular flexibility index (Phi) is 7.16. The minimum atomic E-state index is -0.686. The molecular weight excluding hydrogens is 380 g/mol. The predicted octanol–water partition coefficient (Wildman–Crippen LogP) is 3.25. The lowest BCUT2D eigenvalue weighted by Crippen LogP contribution is -2.34. The summed E-state index contributed by atoms with van der Waals surface area (Å²) in [4.78, 5) is 34.7. The molecule has 0 aromatic heterocycles. The van der Waals surface area contributed by atoms with Crippen molar-refractivity contribution in [2.75, 3.05) is 5.32 Å². The molecule has 28 heavy (non-hydrogen) atoms. The smallest absolute Gasteiger partial charge is 0.282 e. The van der Waals surface area contributed by atoms with E-state index < -0.39 is 10.8 Å². The highest BCUT2D eigenvalue weighted by atomic mass is 32.1. The van der Waals surface area contributed by atoms with Crippen LogP contribution in [0.15, 0.2) is 48.5 Å². The maximum absolute atomic E-state index is 12.2. The molecule has 1 unspecified atom stereocenters. The van der Waals surface area contributed by atoms with Crippen molar-refractivity contribution in [3.8, 4) is 0 Å². The Morgan fingerprint density at radius 2 is 1.75 bits per heavy atom. The van der Waals surface area contributed by atoms with Gasteiger partial charge in [0.15, 0.2) is 5.11 Å². The lowest BCUT2D eigenvalue weighted by atomic mass is 10.1. The molecule has 0 aliphatic heterocycles. The van der Waals surface area contributed by atoms with E-state index in [4.69, 9.17) is 12.2 Å². The quantitative estimate of drug-likeness (QED) is 0.390. The molecule has 2 aromatic rings. The van der Waals surface area contributed by atoms with Crippen LogP contribution in [-0.2, 0) is 0 Å². The van der Waals surface area contributed by atoms with Crippen molar-refractivity contribution in [1.29, 1.82) is 0 Å². The van der Waals surface area contributed by atoms with Gasteiger partial charge in [0, 0.05) is 23.4 Å². The highest BCUT2D eigenvalue weighted by Gasteiger charge is 2.19. The standard InChI is InChI=1S/C19H20N4O4S/c1-3-12(2)20-17(24)13-8-10-14(11-9-13)21-19(28)22-18(25)15-6-4-5-7-16(15)23(26)27/h4-12H,3H2,1-2H3,(H,20,24)(H2,21,22,25,28). The SMILES string of the molecule is CCC(C)NC(=O)c1ccc(NC(=S)NC(=O)c2ccccc2[N+](=O)[O-])cc1. The Morgan fingerprint density at radius 3 is 2.36 bits per heavy atom. The number of hydrogen-bond donors (Lipinski definition) is 3. The van der Waals surface area contributed by atoms with Gasteiger partial charge in [0.2, 0.25) is 0 Å². The van der Waals surface area contributed by atoms with Crippen molar-refractivity contribution in [3.63, 3.8) is 0 Å². The van der Waals surface area contributed by atoms with Gasteiger partial charge in [-0.2, -0.15) is 0 Å². The van der Waals surface area contributed by atoms with Gasteiger partial charge in [0.25, 0.3) is 17.5 Å². The highest BCUT2D eigenvalue weighted by Crippen LogP contribution is 2.17. The zero-order valence-corrected chi connectivity index (χ0v) is 16.2. The fourth-order valence-electron chi connectivity index (χ4n) is 2.27. The number of nitro groups is 1. The van der Waals surface area contributed by atoms with E-state index in [0.29, 0.717) is 11.3 Å². The van der Waals surface area contributed by atoms with Crippen LogP contribution in [0.5, 0.6) is 0 Å². The number of anilines is 1. The predicted molar refractivity (Wildman–Crippen MR) is 110 cm³/mol. The van der Waals surface area contributed by atoms with Crippen LogP contribution in [-0.4, -0.2) is 27.9 Å². The Balaban J connectivity index is 1.99. The lowest BCUT2D eigenvalue weighted by molar-refractivity contribution is -0.385. The maximum Gasteiger partial charge on any atom is 0.282 e. The van der Waals surface area contributed by atoms with Crippen molar-refractivity contribution in [1.82, 2.24) is 10.6 Å². The highest BCUT2D eigenvalue weighted by molar-refractivity contribution is 7.80. The first-order valence-corrected chi connectivity index (χ1v) is 8.99. The average Bonchev–Trinajstić information content (AvgIpc) is 2.68. The van der Waals surface area contributed by atoms with Crippen molar-refractivity contribution in [3.05, 3.63) is 69.8 Å². The number of nitrogens with one attached hydrogen (secondary N) is 3. The fraction of sp³-hybridized carbons (Fsp3) is 0.211. The van der Waals surface area contributed by atoms with E-state index in [1.807, 2.05) is 13.8 Å². The fourth-order valence-corrected chi connectivity index (χ4v) is 2.48. The van der Waals surface area contributed by atoms with Gasteiger partial charge >= 0.3 is 0 Å². The van der Waals surface area contributed by atoms with E-state index in [1.165, 1.54) is 24.3 Å².